The Balaban J connectivity index is 2.14. The molecule has 0 aromatic carbocycles. The van der Waals surface area contributed by atoms with Crippen LogP contribution in [-0.4, -0.2) is 0 Å². The molecule has 1 fully saturated rings. The zero-order chi connectivity index (χ0) is 8.39. The van der Waals surface area contributed by atoms with Crippen molar-refractivity contribution in [3.05, 3.63) is 24.3 Å². The van der Waals surface area contributed by atoms with Crippen molar-refractivity contribution < 1.29 is 0 Å². The van der Waals surface area contributed by atoms with Crippen LogP contribution >= 0.6 is 0 Å². The van der Waals surface area contributed by atoms with Crippen LogP contribution in [0.1, 0.15) is 38.5 Å². The summed E-state index contributed by atoms with van der Waals surface area (Å²) in [5, 5.41) is 0. The third-order valence-electron chi connectivity index (χ3n) is 3.49. The van der Waals surface area contributed by atoms with Crippen molar-refractivity contribution in [2.45, 2.75) is 38.5 Å². The van der Waals surface area contributed by atoms with Gasteiger partial charge in [-0.3, -0.25) is 0 Å². The Kier molecular flexibility index (Phi) is 2.34. The van der Waals surface area contributed by atoms with Crippen molar-refractivity contribution >= 4 is 0 Å². The van der Waals surface area contributed by atoms with Gasteiger partial charge in [-0.05, 0) is 43.1 Å². The summed E-state index contributed by atoms with van der Waals surface area (Å²) < 4.78 is 0. The molecule has 2 aliphatic carbocycles. The minimum absolute atomic E-state index is 0.880. The zero-order valence-electron chi connectivity index (χ0n) is 7.76. The molecule has 12 heavy (non-hydrogen) atoms. The summed E-state index contributed by atoms with van der Waals surface area (Å²) >= 11 is 0. The second kappa shape index (κ2) is 3.47. The van der Waals surface area contributed by atoms with Gasteiger partial charge < -0.3 is 0 Å². The summed E-state index contributed by atoms with van der Waals surface area (Å²) in [5.41, 5.74) is 1.55. The van der Waals surface area contributed by atoms with E-state index in [2.05, 4.69) is 18.7 Å². The molecular weight excluding hydrogens is 144 g/mol. The molecule has 2 rings (SSSR count). The van der Waals surface area contributed by atoms with Gasteiger partial charge in [0.2, 0.25) is 0 Å². The molecule has 0 heteroatoms. The van der Waals surface area contributed by atoms with Gasteiger partial charge >= 0.3 is 0 Å². The maximum Gasteiger partial charge on any atom is -0.0137 e. The largest absolute Gasteiger partial charge is 0.0988 e. The van der Waals surface area contributed by atoms with E-state index >= 15 is 0 Å². The minimum atomic E-state index is 0.880. The molecule has 0 N–H and O–H groups in total. The third-order valence-corrected chi connectivity index (χ3v) is 3.49. The highest BCUT2D eigenvalue weighted by Crippen LogP contribution is 2.41. The van der Waals surface area contributed by atoms with Gasteiger partial charge in [0.05, 0.1) is 0 Å². The van der Waals surface area contributed by atoms with Gasteiger partial charge in [0.1, 0.15) is 0 Å². The summed E-state index contributed by atoms with van der Waals surface area (Å²) in [6.07, 6.45) is 13.0. The molecule has 0 heterocycles. The van der Waals surface area contributed by atoms with E-state index in [9.17, 15) is 0 Å². The van der Waals surface area contributed by atoms with E-state index in [-0.39, 0.29) is 0 Å². The Morgan fingerprint density at radius 2 is 2.08 bits per heavy atom. The van der Waals surface area contributed by atoms with E-state index in [1.807, 2.05) is 0 Å². The quantitative estimate of drug-likeness (QED) is 0.551. The Morgan fingerprint density at radius 1 is 1.25 bits per heavy atom. The Hall–Kier alpha value is -0.520. The number of allylic oxidation sites excluding steroid dienone is 3. The average Bonchev–Trinajstić information content (AvgIpc) is 2.17. The molecule has 0 amide bonds. The lowest BCUT2D eigenvalue weighted by molar-refractivity contribution is 0.250. The van der Waals surface area contributed by atoms with Crippen LogP contribution in [0.15, 0.2) is 24.3 Å². The smallest absolute Gasteiger partial charge is 0.0137 e. The van der Waals surface area contributed by atoms with Crippen molar-refractivity contribution in [3.63, 3.8) is 0 Å². The van der Waals surface area contributed by atoms with Gasteiger partial charge in [-0.15, -0.1) is 0 Å². The molecule has 0 nitrogen and oxygen atoms in total. The van der Waals surface area contributed by atoms with E-state index in [0.29, 0.717) is 0 Å². The van der Waals surface area contributed by atoms with Gasteiger partial charge in [0.25, 0.3) is 0 Å². The van der Waals surface area contributed by atoms with E-state index < -0.39 is 0 Å². The van der Waals surface area contributed by atoms with Gasteiger partial charge in [-0.1, -0.05) is 31.6 Å². The van der Waals surface area contributed by atoms with Crippen molar-refractivity contribution in [3.8, 4) is 0 Å². The number of rotatable bonds is 1. The topological polar surface area (TPSA) is 0 Å². The Bertz CT molecular complexity index is 200. The summed E-state index contributed by atoms with van der Waals surface area (Å²) in [6.45, 7) is 3.91. The normalized spacial score (nSPS) is 35.2. The number of fused-ring (bicyclic) bond motifs is 1. The van der Waals surface area contributed by atoms with Gasteiger partial charge in [0.15, 0.2) is 0 Å². The lowest BCUT2D eigenvalue weighted by atomic mass is 9.70. The van der Waals surface area contributed by atoms with Crippen LogP contribution in [0, 0.1) is 11.8 Å². The van der Waals surface area contributed by atoms with E-state index in [4.69, 9.17) is 0 Å². The predicted octanol–water partition coefficient (Wildman–Crippen LogP) is 3.70. The first-order valence-corrected chi connectivity index (χ1v) is 5.24. The standard InChI is InChI=1S/C12H18/c1-2-10-7-5-8-11-6-3-4-9-12(10)11/h2,7,11-12H,1,3-6,8-9H2. The van der Waals surface area contributed by atoms with E-state index in [1.54, 1.807) is 5.57 Å². The van der Waals surface area contributed by atoms with Crippen LogP contribution in [-0.2, 0) is 0 Å². The van der Waals surface area contributed by atoms with E-state index in [1.165, 1.54) is 38.5 Å². The molecule has 0 bridgehead atoms. The molecule has 2 atom stereocenters. The molecule has 2 aliphatic rings. The molecular formula is C12H18. The lowest BCUT2D eigenvalue weighted by Gasteiger charge is -2.35. The average molecular weight is 162 g/mol. The first-order valence-electron chi connectivity index (χ1n) is 5.24. The predicted molar refractivity (Wildman–Crippen MR) is 53.0 cm³/mol. The summed E-state index contributed by atoms with van der Waals surface area (Å²) in [6, 6.07) is 0. The molecule has 0 spiro atoms. The van der Waals surface area contributed by atoms with Crippen LogP contribution < -0.4 is 0 Å². The highest BCUT2D eigenvalue weighted by molar-refractivity contribution is 5.23. The molecule has 0 aromatic rings. The van der Waals surface area contributed by atoms with Gasteiger partial charge in [-0.2, -0.15) is 0 Å². The molecule has 0 aromatic heterocycles. The van der Waals surface area contributed by atoms with Crippen molar-refractivity contribution in [1.29, 1.82) is 0 Å². The van der Waals surface area contributed by atoms with Crippen LogP contribution in [0.4, 0.5) is 0 Å². The molecule has 0 aliphatic heterocycles. The van der Waals surface area contributed by atoms with Crippen LogP contribution in [0.2, 0.25) is 0 Å². The second-order valence-corrected chi connectivity index (χ2v) is 4.14. The fourth-order valence-electron chi connectivity index (χ4n) is 2.84. The van der Waals surface area contributed by atoms with Crippen molar-refractivity contribution in [1.82, 2.24) is 0 Å². The van der Waals surface area contributed by atoms with Gasteiger partial charge in [-0.25, -0.2) is 0 Å². The highest BCUT2D eigenvalue weighted by atomic mass is 14.3. The summed E-state index contributed by atoms with van der Waals surface area (Å²) in [4.78, 5) is 0. The number of hydrogen-bond acceptors (Lipinski definition) is 0. The Morgan fingerprint density at radius 3 is 2.92 bits per heavy atom. The maximum atomic E-state index is 3.91. The first-order chi connectivity index (χ1) is 5.92. The fourth-order valence-corrected chi connectivity index (χ4v) is 2.84. The zero-order valence-corrected chi connectivity index (χ0v) is 7.76. The molecule has 2 unspecified atom stereocenters. The first kappa shape index (κ1) is 8.10. The minimum Gasteiger partial charge on any atom is -0.0988 e. The SMILES string of the molecule is C=CC1=CCCC2CCCCC12. The monoisotopic (exact) mass is 162 g/mol. The van der Waals surface area contributed by atoms with Crippen LogP contribution in [0.5, 0.6) is 0 Å². The van der Waals surface area contributed by atoms with Crippen molar-refractivity contribution in [2.75, 3.05) is 0 Å². The summed E-state index contributed by atoms with van der Waals surface area (Å²) in [7, 11) is 0. The molecule has 66 valence electrons. The molecule has 1 saturated carbocycles. The van der Waals surface area contributed by atoms with Gasteiger partial charge in [0, 0.05) is 0 Å². The summed E-state index contributed by atoms with van der Waals surface area (Å²) in [5.74, 6) is 1.88. The van der Waals surface area contributed by atoms with Crippen LogP contribution in [0.25, 0.3) is 0 Å². The Labute approximate surface area is 75.4 Å². The fraction of sp³-hybridized carbons (Fsp3) is 0.667. The molecule has 0 radical (unpaired) electrons. The molecule has 0 saturated heterocycles. The maximum absolute atomic E-state index is 3.91. The van der Waals surface area contributed by atoms with E-state index in [0.717, 1.165) is 11.8 Å². The highest BCUT2D eigenvalue weighted by Gasteiger charge is 2.28. The number of hydrogen-bond donors (Lipinski definition) is 0. The van der Waals surface area contributed by atoms with Crippen molar-refractivity contribution in [2.24, 2.45) is 11.8 Å². The van der Waals surface area contributed by atoms with Crippen LogP contribution in [0.3, 0.4) is 0 Å². The third kappa shape index (κ3) is 1.35. The second-order valence-electron chi connectivity index (χ2n) is 4.14. The lowest BCUT2D eigenvalue weighted by Crippen LogP contribution is -2.23.